The zero-order valence-corrected chi connectivity index (χ0v) is 17.8. The van der Waals surface area contributed by atoms with E-state index in [1.165, 1.54) is 6.07 Å². The van der Waals surface area contributed by atoms with Gasteiger partial charge in [0.2, 0.25) is 5.91 Å². The van der Waals surface area contributed by atoms with Crippen LogP contribution in [0.25, 0.3) is 0 Å². The molecule has 1 unspecified atom stereocenters. The van der Waals surface area contributed by atoms with Crippen LogP contribution in [0.2, 0.25) is 0 Å². The number of rotatable bonds is 3. The molecule has 3 aliphatic heterocycles. The first-order chi connectivity index (χ1) is 15.4. The summed E-state index contributed by atoms with van der Waals surface area (Å²) in [6.45, 7) is 2.34. The molecule has 1 amide bonds. The van der Waals surface area contributed by atoms with Gasteiger partial charge in [0.15, 0.2) is 0 Å². The van der Waals surface area contributed by atoms with Crippen molar-refractivity contribution in [2.75, 3.05) is 31.5 Å². The van der Waals surface area contributed by atoms with Gasteiger partial charge in [0.05, 0.1) is 24.3 Å². The third-order valence-corrected chi connectivity index (χ3v) is 7.07. The highest BCUT2D eigenvalue weighted by Gasteiger charge is 2.45. The van der Waals surface area contributed by atoms with Crippen LogP contribution in [-0.2, 0) is 15.7 Å². The van der Waals surface area contributed by atoms with Crippen molar-refractivity contribution in [1.29, 1.82) is 0 Å². The fourth-order valence-electron chi connectivity index (χ4n) is 5.53. The van der Waals surface area contributed by atoms with Gasteiger partial charge >= 0.3 is 6.18 Å². The topological polar surface area (TPSA) is 53.6 Å². The summed E-state index contributed by atoms with van der Waals surface area (Å²) < 4.78 is 46.9. The average molecular weight is 448 g/mol. The van der Waals surface area contributed by atoms with E-state index >= 15 is 0 Å². The maximum Gasteiger partial charge on any atom is 0.416 e. The molecule has 2 fully saturated rings. The van der Waals surface area contributed by atoms with E-state index in [1.807, 2.05) is 12.2 Å². The number of piperazine rings is 1. The van der Waals surface area contributed by atoms with Gasteiger partial charge in [0.1, 0.15) is 0 Å². The minimum Gasteiger partial charge on any atom is -0.381 e. The van der Waals surface area contributed by atoms with Crippen LogP contribution in [0.5, 0.6) is 0 Å². The van der Waals surface area contributed by atoms with E-state index in [0.29, 0.717) is 25.2 Å². The van der Waals surface area contributed by atoms with Crippen molar-refractivity contribution < 1.29 is 22.7 Å². The Morgan fingerprint density at radius 2 is 2.06 bits per heavy atom. The van der Waals surface area contributed by atoms with Crippen LogP contribution >= 0.6 is 0 Å². The molecule has 0 saturated carbocycles. The highest BCUT2D eigenvalue weighted by Crippen LogP contribution is 2.49. The van der Waals surface area contributed by atoms with Crippen molar-refractivity contribution >= 4 is 11.6 Å². The molecule has 2 saturated heterocycles. The second-order valence-electron chi connectivity index (χ2n) is 9.19. The van der Waals surface area contributed by atoms with E-state index in [4.69, 9.17) is 4.74 Å². The van der Waals surface area contributed by atoms with Gasteiger partial charge in [-0.1, -0.05) is 24.3 Å². The molecule has 5 atom stereocenters. The van der Waals surface area contributed by atoms with Crippen LogP contribution < -0.4 is 10.6 Å². The summed E-state index contributed by atoms with van der Waals surface area (Å²) in [6, 6.07) is 4.05. The molecular weight excluding hydrogens is 419 g/mol. The normalized spacial score (nSPS) is 32.6. The Hall–Kier alpha value is -2.32. The molecule has 1 aromatic carbocycles. The maximum atomic E-state index is 13.4. The number of carbonyl (C=O) groups is 1. The second kappa shape index (κ2) is 8.56. The van der Waals surface area contributed by atoms with Crippen LogP contribution in [0.3, 0.4) is 0 Å². The molecule has 1 aliphatic carbocycles. The van der Waals surface area contributed by atoms with Crippen LogP contribution in [0, 0.1) is 11.8 Å². The number of allylic oxidation sites excluding steroid dienone is 3. The van der Waals surface area contributed by atoms with Crippen LogP contribution in [-0.4, -0.2) is 49.1 Å². The van der Waals surface area contributed by atoms with Gasteiger partial charge in [-0.3, -0.25) is 9.69 Å². The van der Waals surface area contributed by atoms with Crippen molar-refractivity contribution in [2.45, 2.75) is 43.7 Å². The lowest BCUT2D eigenvalue weighted by atomic mass is 9.73. The molecule has 172 valence electrons. The molecule has 5 nitrogen and oxygen atoms in total. The predicted octanol–water partition coefficient (Wildman–Crippen LogP) is 3.90. The molecule has 0 bridgehead atoms. The van der Waals surface area contributed by atoms with E-state index in [-0.39, 0.29) is 29.9 Å². The summed E-state index contributed by atoms with van der Waals surface area (Å²) >= 11 is 0. The second-order valence-corrected chi connectivity index (χ2v) is 9.19. The number of anilines is 1. The number of hydrogen-bond donors (Lipinski definition) is 2. The smallest absolute Gasteiger partial charge is 0.381 e. The molecule has 8 heteroatoms. The quantitative estimate of drug-likeness (QED) is 0.738. The van der Waals surface area contributed by atoms with E-state index in [0.717, 1.165) is 37.6 Å². The first kappa shape index (κ1) is 21.5. The number of nitrogens with zero attached hydrogens (tertiary/aromatic N) is 1. The number of halogens is 3. The van der Waals surface area contributed by atoms with Gasteiger partial charge in [-0.25, -0.2) is 0 Å². The fourth-order valence-corrected chi connectivity index (χ4v) is 5.53. The molecule has 0 radical (unpaired) electrons. The number of nitrogens with one attached hydrogen (secondary N) is 2. The summed E-state index contributed by atoms with van der Waals surface area (Å²) in [5.41, 5.74) is 0.678. The summed E-state index contributed by atoms with van der Waals surface area (Å²) in [5, 5.41) is 6.37. The molecule has 2 N–H and O–H groups in total. The molecule has 32 heavy (non-hydrogen) atoms. The Labute approximate surface area is 185 Å². The predicted molar refractivity (Wildman–Crippen MR) is 115 cm³/mol. The van der Waals surface area contributed by atoms with Gasteiger partial charge in [0.25, 0.3) is 0 Å². The van der Waals surface area contributed by atoms with Crippen molar-refractivity contribution in [3.8, 4) is 0 Å². The Morgan fingerprint density at radius 1 is 1.19 bits per heavy atom. The molecule has 0 aromatic heterocycles. The van der Waals surface area contributed by atoms with Crippen LogP contribution in [0.15, 0.2) is 42.5 Å². The molecule has 0 spiro atoms. The van der Waals surface area contributed by atoms with Crippen LogP contribution in [0.4, 0.5) is 18.9 Å². The monoisotopic (exact) mass is 447 g/mol. The number of hydrogen-bond acceptors (Lipinski definition) is 4. The number of carbonyl (C=O) groups excluding carboxylic acids is 1. The molecular formula is C24H28F3N3O2. The molecule has 4 aliphatic rings. The largest absolute Gasteiger partial charge is 0.416 e. The van der Waals surface area contributed by atoms with Crippen molar-refractivity contribution in [2.24, 2.45) is 11.8 Å². The maximum absolute atomic E-state index is 13.4. The minimum atomic E-state index is -4.40. The number of fused-ring (bicyclic) bond motifs is 3. The summed E-state index contributed by atoms with van der Waals surface area (Å²) in [5.74, 6) is 0.367. The van der Waals surface area contributed by atoms with E-state index in [1.54, 1.807) is 6.07 Å². The number of amides is 1. The minimum absolute atomic E-state index is 0.00386. The zero-order valence-electron chi connectivity index (χ0n) is 17.8. The van der Waals surface area contributed by atoms with Gasteiger partial charge in [0, 0.05) is 48.8 Å². The molecule has 5 rings (SSSR count). The molecule has 1 aromatic rings. The molecule has 3 heterocycles. The third-order valence-electron chi connectivity index (χ3n) is 7.07. The van der Waals surface area contributed by atoms with Gasteiger partial charge in [-0.15, -0.1) is 0 Å². The van der Waals surface area contributed by atoms with E-state index in [2.05, 4.69) is 27.7 Å². The highest BCUT2D eigenvalue weighted by atomic mass is 19.4. The Kier molecular flexibility index (Phi) is 5.75. The highest BCUT2D eigenvalue weighted by molar-refractivity contribution is 5.78. The van der Waals surface area contributed by atoms with Gasteiger partial charge < -0.3 is 15.4 Å². The van der Waals surface area contributed by atoms with Gasteiger partial charge in [-0.05, 0) is 37.5 Å². The lowest BCUT2D eigenvalue weighted by molar-refractivity contribution is -0.138. The number of benzene rings is 1. The summed E-state index contributed by atoms with van der Waals surface area (Å²) in [7, 11) is 0. The van der Waals surface area contributed by atoms with Gasteiger partial charge in [-0.2, -0.15) is 13.2 Å². The first-order valence-corrected chi connectivity index (χ1v) is 11.3. The SMILES string of the molecule is O=C1CN(C[C@H]2CC[C@@H]3[C@H](O2)c2cc(C(F)(F)F)ccc2N[C@H]3C2C=CC=CC2)CCN1. The third kappa shape index (κ3) is 4.30. The zero-order chi connectivity index (χ0) is 22.3. The number of alkyl halides is 3. The van der Waals surface area contributed by atoms with Crippen molar-refractivity contribution in [3.63, 3.8) is 0 Å². The van der Waals surface area contributed by atoms with Crippen molar-refractivity contribution in [3.05, 3.63) is 53.6 Å². The lowest BCUT2D eigenvalue weighted by Gasteiger charge is -2.48. The summed E-state index contributed by atoms with van der Waals surface area (Å²) in [4.78, 5) is 13.8. The number of ether oxygens (including phenoxy) is 1. The van der Waals surface area contributed by atoms with E-state index in [9.17, 15) is 18.0 Å². The summed E-state index contributed by atoms with van der Waals surface area (Å²) in [6.07, 6.45) is 6.10. The lowest BCUT2D eigenvalue weighted by Crippen LogP contribution is -2.52. The Balaban J connectivity index is 1.42. The standard InChI is InChI=1S/C24H28F3N3O2/c25-24(26,27)16-6-9-20-19(12-16)23-18(22(29-20)15-4-2-1-3-5-15)8-7-17(32-23)13-30-11-10-28-21(31)14-30/h1-4,6,9,12,15,17-18,22-23,29H,5,7-8,10-11,13-14H2,(H,28,31)/t15?,17-,18+,22+,23+/m1/s1. The Morgan fingerprint density at radius 3 is 2.81 bits per heavy atom. The Bertz CT molecular complexity index is 930. The van der Waals surface area contributed by atoms with Crippen LogP contribution in [0.1, 0.15) is 36.5 Å². The van der Waals surface area contributed by atoms with Crippen molar-refractivity contribution in [1.82, 2.24) is 10.2 Å². The fraction of sp³-hybridized carbons (Fsp3) is 0.542. The van der Waals surface area contributed by atoms with E-state index < -0.39 is 17.8 Å². The first-order valence-electron chi connectivity index (χ1n) is 11.3. The average Bonchev–Trinajstić information content (AvgIpc) is 2.78.